The molecule has 0 spiro atoms. The Balaban J connectivity index is 2.13. The van der Waals surface area contributed by atoms with E-state index in [0.717, 1.165) is 0 Å². The van der Waals surface area contributed by atoms with Crippen molar-refractivity contribution in [3.8, 4) is 0 Å². The van der Waals surface area contributed by atoms with E-state index in [2.05, 4.69) is 6.58 Å². The van der Waals surface area contributed by atoms with Gasteiger partial charge in [-0.15, -0.1) is 6.58 Å². The summed E-state index contributed by atoms with van der Waals surface area (Å²) < 4.78 is 33.7. The van der Waals surface area contributed by atoms with Gasteiger partial charge in [-0.25, -0.2) is 0 Å². The van der Waals surface area contributed by atoms with Gasteiger partial charge in [-0.1, -0.05) is 6.08 Å². The van der Waals surface area contributed by atoms with Crippen LogP contribution >= 0.6 is 0 Å². The maximum atomic E-state index is 12.8. The monoisotopic (exact) mass is 346 g/mol. The fourth-order valence-electron chi connectivity index (χ4n) is 3.45. The van der Waals surface area contributed by atoms with Gasteiger partial charge >= 0.3 is 5.97 Å². The molecule has 0 amide bonds. The van der Waals surface area contributed by atoms with Crippen LogP contribution in [0.4, 0.5) is 0 Å². The van der Waals surface area contributed by atoms with Crippen molar-refractivity contribution in [2.45, 2.75) is 38.2 Å². The van der Waals surface area contributed by atoms with E-state index in [1.54, 1.807) is 13.2 Å². The van der Waals surface area contributed by atoms with Crippen molar-refractivity contribution < 1.29 is 23.1 Å². The Labute approximate surface area is 138 Å². The Morgan fingerprint density at radius 1 is 1.35 bits per heavy atom. The molecule has 2 fully saturated rings. The van der Waals surface area contributed by atoms with Crippen LogP contribution in [0.1, 0.15) is 32.1 Å². The molecule has 2 aliphatic heterocycles. The second-order valence-electron chi connectivity index (χ2n) is 6.36. The topological polar surface area (TPSA) is 87.2 Å². The molecule has 0 aromatic rings. The van der Waals surface area contributed by atoms with Gasteiger partial charge < -0.3 is 9.84 Å². The van der Waals surface area contributed by atoms with E-state index < -0.39 is 21.6 Å². The van der Waals surface area contributed by atoms with E-state index in [4.69, 9.17) is 4.74 Å². The Kier molecular flexibility index (Phi) is 5.83. The summed E-state index contributed by atoms with van der Waals surface area (Å²) in [6.45, 7) is 4.84. The normalized spacial score (nSPS) is 28.6. The number of hydrogen-bond donors (Lipinski definition) is 1. The second kappa shape index (κ2) is 7.29. The first-order valence-electron chi connectivity index (χ1n) is 7.98. The molecular weight excluding hydrogens is 320 g/mol. The van der Waals surface area contributed by atoms with E-state index in [0.29, 0.717) is 45.3 Å². The number of rotatable bonds is 6. The molecule has 0 saturated carbocycles. The Morgan fingerprint density at radius 3 is 2.52 bits per heavy atom. The smallest absolute Gasteiger partial charge is 0.311 e. The lowest BCUT2D eigenvalue weighted by atomic mass is 9.78. The van der Waals surface area contributed by atoms with Gasteiger partial charge in [0, 0.05) is 33.3 Å². The maximum absolute atomic E-state index is 12.8. The van der Waals surface area contributed by atoms with Crippen molar-refractivity contribution in [3.63, 3.8) is 0 Å². The summed E-state index contributed by atoms with van der Waals surface area (Å²) in [5, 5.41) is 9.58. The molecule has 2 heterocycles. The first-order chi connectivity index (χ1) is 10.9. The van der Waals surface area contributed by atoms with Crippen molar-refractivity contribution in [3.05, 3.63) is 12.7 Å². The Bertz CT molecular complexity index is 542. The van der Waals surface area contributed by atoms with E-state index in [-0.39, 0.29) is 19.1 Å². The van der Waals surface area contributed by atoms with Crippen LogP contribution in [-0.2, 0) is 19.7 Å². The fourth-order valence-corrected chi connectivity index (χ4v) is 5.22. The van der Waals surface area contributed by atoms with Crippen LogP contribution in [0.3, 0.4) is 0 Å². The average Bonchev–Trinajstić information content (AvgIpc) is 2.55. The number of carboxylic acids is 1. The highest BCUT2D eigenvalue weighted by Crippen LogP contribution is 2.36. The zero-order valence-electron chi connectivity index (χ0n) is 13.6. The maximum Gasteiger partial charge on any atom is 0.311 e. The standard InChI is InChI=1S/C15H26N2O5S/c1-3-7-15(14(18)19)8-4-9-17(12-15)23(20,21)16-10-5-13(22-2)6-11-16/h3,13H,1,4-12H2,2H3,(H,18,19)/t15-/m1/s1. The molecule has 2 rings (SSSR count). The van der Waals surface area contributed by atoms with E-state index >= 15 is 0 Å². The van der Waals surface area contributed by atoms with Crippen molar-refractivity contribution in [2.24, 2.45) is 5.41 Å². The van der Waals surface area contributed by atoms with E-state index in [1.807, 2.05) is 0 Å². The lowest BCUT2D eigenvalue weighted by Crippen LogP contribution is -2.55. The van der Waals surface area contributed by atoms with Crippen LogP contribution in [0.15, 0.2) is 12.7 Å². The number of carboxylic acid groups (broad SMARTS) is 1. The first kappa shape index (κ1) is 18.4. The predicted octanol–water partition coefficient (Wildman–Crippen LogP) is 1.08. The first-order valence-corrected chi connectivity index (χ1v) is 9.38. The number of ether oxygens (including phenoxy) is 1. The minimum absolute atomic E-state index is 0.0148. The molecule has 0 unspecified atom stereocenters. The Morgan fingerprint density at radius 2 is 2.00 bits per heavy atom. The van der Waals surface area contributed by atoms with Crippen LogP contribution in [-0.4, -0.2) is 67.5 Å². The summed E-state index contributed by atoms with van der Waals surface area (Å²) in [7, 11) is -1.99. The number of allylic oxidation sites excluding steroid dienone is 1. The van der Waals surface area contributed by atoms with Crippen molar-refractivity contribution in [2.75, 3.05) is 33.3 Å². The van der Waals surface area contributed by atoms with Gasteiger partial charge in [0.2, 0.25) is 0 Å². The third-order valence-electron chi connectivity index (χ3n) is 4.92. The van der Waals surface area contributed by atoms with Gasteiger partial charge in [0.15, 0.2) is 0 Å². The van der Waals surface area contributed by atoms with Gasteiger partial charge in [-0.05, 0) is 32.1 Å². The highest BCUT2D eigenvalue weighted by molar-refractivity contribution is 7.86. The minimum atomic E-state index is -3.63. The van der Waals surface area contributed by atoms with Crippen molar-refractivity contribution in [1.29, 1.82) is 0 Å². The predicted molar refractivity (Wildman–Crippen MR) is 86.2 cm³/mol. The van der Waals surface area contributed by atoms with Gasteiger partial charge in [0.05, 0.1) is 11.5 Å². The molecule has 0 aliphatic carbocycles. The molecule has 0 aromatic carbocycles. The second-order valence-corrected chi connectivity index (χ2v) is 8.29. The minimum Gasteiger partial charge on any atom is -0.481 e. The largest absolute Gasteiger partial charge is 0.481 e. The molecule has 132 valence electrons. The van der Waals surface area contributed by atoms with Crippen LogP contribution in [0.2, 0.25) is 0 Å². The van der Waals surface area contributed by atoms with Crippen LogP contribution < -0.4 is 0 Å². The molecule has 8 heteroatoms. The zero-order valence-corrected chi connectivity index (χ0v) is 14.4. The number of aliphatic carboxylic acids is 1. The molecule has 0 radical (unpaired) electrons. The van der Waals surface area contributed by atoms with Gasteiger partial charge in [0.25, 0.3) is 10.2 Å². The van der Waals surface area contributed by atoms with E-state index in [9.17, 15) is 18.3 Å². The Hall–Kier alpha value is -0.960. The quantitative estimate of drug-likeness (QED) is 0.727. The number of nitrogens with zero attached hydrogens (tertiary/aromatic N) is 2. The highest BCUT2D eigenvalue weighted by Gasteiger charge is 2.46. The molecule has 2 aliphatic rings. The summed E-state index contributed by atoms with van der Waals surface area (Å²) in [5.41, 5.74) is -1.06. The number of carbonyl (C=O) groups is 1. The molecule has 2 saturated heterocycles. The lowest BCUT2D eigenvalue weighted by Gasteiger charge is -2.41. The summed E-state index contributed by atoms with van der Waals surface area (Å²) in [6.07, 6.45) is 4.30. The summed E-state index contributed by atoms with van der Waals surface area (Å²) in [6, 6.07) is 0. The van der Waals surface area contributed by atoms with Gasteiger partial charge in [-0.2, -0.15) is 17.0 Å². The van der Waals surface area contributed by atoms with Gasteiger partial charge in [0.1, 0.15) is 0 Å². The molecule has 0 aromatic heterocycles. The zero-order chi connectivity index (χ0) is 17.1. The number of piperidine rings is 2. The molecule has 1 N–H and O–H groups in total. The number of hydrogen-bond acceptors (Lipinski definition) is 4. The number of methoxy groups -OCH3 is 1. The average molecular weight is 346 g/mol. The third kappa shape index (κ3) is 3.76. The molecule has 0 bridgehead atoms. The molecule has 1 atom stereocenters. The van der Waals surface area contributed by atoms with Crippen LogP contribution in [0.25, 0.3) is 0 Å². The molecule has 23 heavy (non-hydrogen) atoms. The highest BCUT2D eigenvalue weighted by atomic mass is 32.2. The summed E-state index contributed by atoms with van der Waals surface area (Å²) in [5.74, 6) is -0.949. The molecular formula is C15H26N2O5S. The lowest BCUT2D eigenvalue weighted by molar-refractivity contribution is -0.151. The SMILES string of the molecule is C=CC[C@@]1(C(=O)O)CCCN(S(=O)(=O)N2CCC(OC)CC2)C1. The van der Waals surface area contributed by atoms with Crippen LogP contribution in [0.5, 0.6) is 0 Å². The summed E-state index contributed by atoms with van der Waals surface area (Å²) >= 11 is 0. The van der Waals surface area contributed by atoms with Crippen LogP contribution in [0, 0.1) is 5.41 Å². The van der Waals surface area contributed by atoms with Crippen molar-refractivity contribution in [1.82, 2.24) is 8.61 Å². The van der Waals surface area contributed by atoms with Crippen molar-refractivity contribution >= 4 is 16.2 Å². The van der Waals surface area contributed by atoms with Gasteiger partial charge in [-0.3, -0.25) is 4.79 Å². The van der Waals surface area contributed by atoms with E-state index in [1.165, 1.54) is 8.61 Å². The third-order valence-corrected chi connectivity index (χ3v) is 6.90. The summed E-state index contributed by atoms with van der Waals surface area (Å²) in [4.78, 5) is 11.7. The fraction of sp³-hybridized carbons (Fsp3) is 0.800. The molecule has 7 nitrogen and oxygen atoms in total.